The number of carbonyl (C=O) groups excluding carboxylic acids is 1. The van der Waals surface area contributed by atoms with E-state index in [1.54, 1.807) is 0 Å². The fraction of sp³-hybridized carbons (Fsp3) is 0.200. The van der Waals surface area contributed by atoms with E-state index in [0.29, 0.717) is 12.3 Å². The maximum Gasteiger partial charge on any atom is 0.227 e. The number of hydrogen-bond acceptors (Lipinski definition) is 3. The number of amides is 1. The van der Waals surface area contributed by atoms with Crippen molar-refractivity contribution in [1.29, 1.82) is 0 Å². The standard InChI is InChI=1S/C25H23N3O2/c1-17-15-19(18(2)28(17)20-7-4-3-5-8-20)10-13-24-26-22-16-21(11-12-23(22)30-24)27-14-6-9-25(27)29/h3-5,7-8,10-13,15-16H,6,9,14H2,1-2H3. The van der Waals surface area contributed by atoms with Crippen LogP contribution in [0.5, 0.6) is 0 Å². The van der Waals surface area contributed by atoms with Gasteiger partial charge in [-0.2, -0.15) is 0 Å². The van der Waals surface area contributed by atoms with Gasteiger partial charge in [-0.05, 0) is 68.3 Å². The number of aromatic nitrogens is 2. The van der Waals surface area contributed by atoms with Crippen LogP contribution < -0.4 is 4.90 Å². The molecular formula is C25H23N3O2. The molecule has 0 saturated carbocycles. The highest BCUT2D eigenvalue weighted by molar-refractivity contribution is 5.97. The molecule has 1 amide bonds. The predicted octanol–water partition coefficient (Wildman–Crippen LogP) is 5.53. The first-order valence-corrected chi connectivity index (χ1v) is 10.2. The second-order valence-corrected chi connectivity index (χ2v) is 7.68. The van der Waals surface area contributed by atoms with Crippen molar-refractivity contribution in [2.45, 2.75) is 26.7 Å². The van der Waals surface area contributed by atoms with Gasteiger partial charge in [-0.3, -0.25) is 4.79 Å². The third kappa shape index (κ3) is 3.22. The van der Waals surface area contributed by atoms with E-state index in [1.165, 1.54) is 11.4 Å². The summed E-state index contributed by atoms with van der Waals surface area (Å²) in [4.78, 5) is 18.4. The molecule has 150 valence electrons. The summed E-state index contributed by atoms with van der Waals surface area (Å²) < 4.78 is 8.13. The lowest BCUT2D eigenvalue weighted by molar-refractivity contribution is -0.117. The monoisotopic (exact) mass is 397 g/mol. The molecule has 1 aliphatic rings. The number of rotatable bonds is 4. The van der Waals surface area contributed by atoms with Crippen molar-refractivity contribution in [2.75, 3.05) is 11.4 Å². The quantitative estimate of drug-likeness (QED) is 0.455. The second kappa shape index (κ2) is 7.34. The van der Waals surface area contributed by atoms with Gasteiger partial charge in [0.05, 0.1) is 0 Å². The van der Waals surface area contributed by atoms with Gasteiger partial charge in [-0.25, -0.2) is 4.98 Å². The van der Waals surface area contributed by atoms with Gasteiger partial charge in [0.25, 0.3) is 0 Å². The van der Waals surface area contributed by atoms with Crippen LogP contribution in [0.25, 0.3) is 28.9 Å². The number of carbonyl (C=O) groups is 1. The van der Waals surface area contributed by atoms with Crippen molar-refractivity contribution in [2.24, 2.45) is 0 Å². The smallest absolute Gasteiger partial charge is 0.227 e. The average molecular weight is 397 g/mol. The molecule has 5 heteroatoms. The summed E-state index contributed by atoms with van der Waals surface area (Å²) in [6.07, 6.45) is 5.46. The minimum Gasteiger partial charge on any atom is -0.437 e. The van der Waals surface area contributed by atoms with Crippen LogP contribution in [-0.4, -0.2) is 22.0 Å². The number of para-hydroxylation sites is 1. The Bertz CT molecular complexity index is 1260. The van der Waals surface area contributed by atoms with Crippen molar-refractivity contribution >= 4 is 34.8 Å². The first-order valence-electron chi connectivity index (χ1n) is 10.2. The molecule has 2 aromatic carbocycles. The molecule has 1 saturated heterocycles. The lowest BCUT2D eigenvalue weighted by atomic mass is 10.2. The molecule has 1 aliphatic heterocycles. The van der Waals surface area contributed by atoms with E-state index in [-0.39, 0.29) is 5.91 Å². The van der Waals surface area contributed by atoms with Crippen LogP contribution in [0.15, 0.2) is 59.0 Å². The molecule has 30 heavy (non-hydrogen) atoms. The van der Waals surface area contributed by atoms with E-state index in [1.807, 2.05) is 53.5 Å². The number of benzene rings is 2. The van der Waals surface area contributed by atoms with Gasteiger partial charge in [0.1, 0.15) is 5.52 Å². The number of nitrogens with zero attached hydrogens (tertiary/aromatic N) is 3. The Hall–Kier alpha value is -3.60. The van der Waals surface area contributed by atoms with Crippen molar-refractivity contribution in [3.05, 3.63) is 77.4 Å². The Morgan fingerprint density at radius 3 is 2.60 bits per heavy atom. The van der Waals surface area contributed by atoms with Gasteiger partial charge in [-0.1, -0.05) is 18.2 Å². The number of fused-ring (bicyclic) bond motifs is 1. The molecule has 0 radical (unpaired) electrons. The van der Waals surface area contributed by atoms with Gasteiger partial charge in [0.15, 0.2) is 5.58 Å². The number of anilines is 1. The summed E-state index contributed by atoms with van der Waals surface area (Å²) in [7, 11) is 0. The highest BCUT2D eigenvalue weighted by Gasteiger charge is 2.22. The zero-order chi connectivity index (χ0) is 20.7. The van der Waals surface area contributed by atoms with Crippen LogP contribution in [0, 0.1) is 13.8 Å². The summed E-state index contributed by atoms with van der Waals surface area (Å²) in [5.74, 6) is 0.728. The molecule has 3 heterocycles. The van der Waals surface area contributed by atoms with Crippen LogP contribution in [0.1, 0.15) is 35.7 Å². The first-order chi connectivity index (χ1) is 14.6. The summed E-state index contributed by atoms with van der Waals surface area (Å²) in [5, 5.41) is 0. The number of aryl methyl sites for hydroxylation is 1. The normalized spacial score (nSPS) is 14.5. The molecule has 2 aromatic heterocycles. The van der Waals surface area contributed by atoms with Gasteiger partial charge in [-0.15, -0.1) is 0 Å². The minimum atomic E-state index is 0.173. The van der Waals surface area contributed by atoms with E-state index < -0.39 is 0 Å². The Morgan fingerprint density at radius 1 is 1.00 bits per heavy atom. The summed E-state index contributed by atoms with van der Waals surface area (Å²) in [6.45, 7) is 5.00. The molecule has 0 aliphatic carbocycles. The molecule has 4 aromatic rings. The lowest BCUT2D eigenvalue weighted by Crippen LogP contribution is -2.23. The largest absolute Gasteiger partial charge is 0.437 e. The lowest BCUT2D eigenvalue weighted by Gasteiger charge is -2.14. The summed E-state index contributed by atoms with van der Waals surface area (Å²) in [6, 6.07) is 18.3. The average Bonchev–Trinajstić information content (AvgIpc) is 3.43. The Labute approximate surface area is 175 Å². The van der Waals surface area contributed by atoms with Crippen molar-refractivity contribution in [3.63, 3.8) is 0 Å². The fourth-order valence-electron chi connectivity index (χ4n) is 4.19. The zero-order valence-electron chi connectivity index (χ0n) is 17.1. The summed E-state index contributed by atoms with van der Waals surface area (Å²) >= 11 is 0. The third-order valence-corrected chi connectivity index (χ3v) is 5.66. The van der Waals surface area contributed by atoms with Crippen LogP contribution in [0.4, 0.5) is 5.69 Å². The first kappa shape index (κ1) is 18.4. The molecule has 0 N–H and O–H groups in total. The maximum absolute atomic E-state index is 12.0. The Morgan fingerprint density at radius 2 is 1.83 bits per heavy atom. The molecule has 1 fully saturated rings. The minimum absolute atomic E-state index is 0.173. The van der Waals surface area contributed by atoms with E-state index in [2.05, 4.69) is 41.6 Å². The highest BCUT2D eigenvalue weighted by atomic mass is 16.3. The number of oxazole rings is 1. The molecule has 0 spiro atoms. The van der Waals surface area contributed by atoms with Crippen LogP contribution >= 0.6 is 0 Å². The van der Waals surface area contributed by atoms with Crippen LogP contribution in [0.2, 0.25) is 0 Å². The molecule has 0 unspecified atom stereocenters. The highest BCUT2D eigenvalue weighted by Crippen LogP contribution is 2.27. The van der Waals surface area contributed by atoms with Gasteiger partial charge >= 0.3 is 0 Å². The fourth-order valence-corrected chi connectivity index (χ4v) is 4.19. The zero-order valence-corrected chi connectivity index (χ0v) is 17.1. The van der Waals surface area contributed by atoms with Crippen LogP contribution in [-0.2, 0) is 4.79 Å². The van der Waals surface area contributed by atoms with Gasteiger partial charge in [0.2, 0.25) is 11.8 Å². The molecule has 5 rings (SSSR count). The second-order valence-electron chi connectivity index (χ2n) is 7.68. The van der Waals surface area contributed by atoms with Crippen molar-refractivity contribution in [3.8, 4) is 5.69 Å². The predicted molar refractivity (Wildman–Crippen MR) is 120 cm³/mol. The van der Waals surface area contributed by atoms with Gasteiger partial charge < -0.3 is 13.9 Å². The van der Waals surface area contributed by atoms with E-state index in [9.17, 15) is 4.79 Å². The third-order valence-electron chi connectivity index (χ3n) is 5.66. The molecule has 0 atom stereocenters. The van der Waals surface area contributed by atoms with E-state index >= 15 is 0 Å². The number of hydrogen-bond donors (Lipinski definition) is 0. The maximum atomic E-state index is 12.0. The topological polar surface area (TPSA) is 51.3 Å². The Balaban J connectivity index is 1.44. The van der Waals surface area contributed by atoms with E-state index in [4.69, 9.17) is 4.42 Å². The van der Waals surface area contributed by atoms with E-state index in [0.717, 1.165) is 41.0 Å². The molecular weight excluding hydrogens is 374 g/mol. The van der Waals surface area contributed by atoms with Crippen molar-refractivity contribution < 1.29 is 9.21 Å². The van der Waals surface area contributed by atoms with Crippen molar-refractivity contribution in [1.82, 2.24) is 9.55 Å². The van der Waals surface area contributed by atoms with Gasteiger partial charge in [0, 0.05) is 41.8 Å². The molecule has 0 bridgehead atoms. The van der Waals surface area contributed by atoms with Crippen LogP contribution in [0.3, 0.4) is 0 Å². The SMILES string of the molecule is Cc1cc(C=Cc2nc3cc(N4CCCC4=O)ccc3o2)c(C)n1-c1ccccc1. The Kier molecular flexibility index (Phi) is 4.51. The summed E-state index contributed by atoms with van der Waals surface area (Å²) in [5.41, 5.74) is 7.00. The molecule has 5 nitrogen and oxygen atoms in total.